The van der Waals surface area contributed by atoms with Gasteiger partial charge in [0.25, 0.3) is 5.88 Å². The van der Waals surface area contributed by atoms with Crippen molar-refractivity contribution in [2.45, 2.75) is 18.8 Å². The fourth-order valence-electron chi connectivity index (χ4n) is 2.93. The predicted octanol–water partition coefficient (Wildman–Crippen LogP) is 0.647. The molecule has 0 aliphatic heterocycles. The minimum Gasteiger partial charge on any atom is -0.389 e. The summed E-state index contributed by atoms with van der Waals surface area (Å²) in [6, 6.07) is 3.00. The molecule has 2 amide bonds. The molecule has 2 aromatic rings. The van der Waals surface area contributed by atoms with Gasteiger partial charge in [-0.1, -0.05) is 5.21 Å². The van der Waals surface area contributed by atoms with Crippen LogP contribution < -0.4 is 21.5 Å². The first-order chi connectivity index (χ1) is 12.7. The molecular formula is C15H17F2N7O3. The smallest absolute Gasteiger partial charge is 0.389 e. The highest BCUT2D eigenvalue weighted by Crippen LogP contribution is 2.51. The number of anilines is 1. The number of nitrogens with one attached hydrogen (secondary N) is 1. The summed E-state index contributed by atoms with van der Waals surface area (Å²) >= 11 is 0. The summed E-state index contributed by atoms with van der Waals surface area (Å²) in [4.78, 5) is 27.4. The SMILES string of the molecule is Cn1nnc(-c2ccc(NC(=O)C3(CN)CC(F)(F)C3)cn2)c1OC(N)=O. The highest BCUT2D eigenvalue weighted by Gasteiger charge is 2.60. The van der Waals surface area contributed by atoms with Gasteiger partial charge in [0.15, 0.2) is 5.69 Å². The van der Waals surface area contributed by atoms with E-state index in [9.17, 15) is 18.4 Å². The number of amides is 2. The van der Waals surface area contributed by atoms with Crippen LogP contribution in [0.1, 0.15) is 12.8 Å². The van der Waals surface area contributed by atoms with Crippen LogP contribution in [-0.2, 0) is 11.8 Å². The highest BCUT2D eigenvalue weighted by atomic mass is 19.3. The number of ether oxygens (including phenoxy) is 1. The first-order valence-electron chi connectivity index (χ1n) is 7.88. The third kappa shape index (κ3) is 3.56. The molecular weight excluding hydrogens is 364 g/mol. The van der Waals surface area contributed by atoms with Crippen LogP contribution in [0.4, 0.5) is 19.3 Å². The van der Waals surface area contributed by atoms with Gasteiger partial charge in [0.2, 0.25) is 11.8 Å². The van der Waals surface area contributed by atoms with Gasteiger partial charge in [0, 0.05) is 26.4 Å². The van der Waals surface area contributed by atoms with E-state index in [0.717, 1.165) is 0 Å². The van der Waals surface area contributed by atoms with E-state index in [2.05, 4.69) is 20.6 Å². The number of rotatable bonds is 5. The Labute approximate surface area is 151 Å². The molecule has 144 valence electrons. The lowest BCUT2D eigenvalue weighted by Crippen LogP contribution is -2.57. The number of pyridine rings is 1. The van der Waals surface area contributed by atoms with Gasteiger partial charge < -0.3 is 21.5 Å². The quantitative estimate of drug-likeness (QED) is 0.687. The average molecular weight is 381 g/mol. The molecule has 1 fully saturated rings. The van der Waals surface area contributed by atoms with E-state index in [0.29, 0.717) is 11.4 Å². The van der Waals surface area contributed by atoms with Crippen molar-refractivity contribution in [3.05, 3.63) is 18.3 Å². The molecule has 0 unspecified atom stereocenters. The highest BCUT2D eigenvalue weighted by molar-refractivity contribution is 5.96. The van der Waals surface area contributed by atoms with Crippen LogP contribution in [0.2, 0.25) is 0 Å². The maximum Gasteiger partial charge on any atom is 0.411 e. The van der Waals surface area contributed by atoms with Crippen molar-refractivity contribution in [2.75, 3.05) is 11.9 Å². The first-order valence-corrected chi connectivity index (χ1v) is 7.88. The van der Waals surface area contributed by atoms with Crippen molar-refractivity contribution < 1.29 is 23.1 Å². The van der Waals surface area contributed by atoms with Crippen LogP contribution in [0.5, 0.6) is 5.88 Å². The number of hydrogen-bond acceptors (Lipinski definition) is 7. The molecule has 0 saturated heterocycles. The Kier molecular flexibility index (Phi) is 4.51. The van der Waals surface area contributed by atoms with Crippen LogP contribution >= 0.6 is 0 Å². The summed E-state index contributed by atoms with van der Waals surface area (Å²) in [6.45, 7) is -0.173. The summed E-state index contributed by atoms with van der Waals surface area (Å²) in [5, 5.41) is 10.1. The van der Waals surface area contributed by atoms with Crippen molar-refractivity contribution in [3.63, 3.8) is 0 Å². The number of nitrogens with zero attached hydrogens (tertiary/aromatic N) is 4. The Balaban J connectivity index is 1.75. The van der Waals surface area contributed by atoms with Crippen LogP contribution in [0.3, 0.4) is 0 Å². The lowest BCUT2D eigenvalue weighted by Gasteiger charge is -2.45. The molecule has 0 bridgehead atoms. The molecule has 0 spiro atoms. The van der Waals surface area contributed by atoms with Crippen LogP contribution in [0.25, 0.3) is 11.4 Å². The predicted molar refractivity (Wildman–Crippen MR) is 88.7 cm³/mol. The van der Waals surface area contributed by atoms with E-state index in [-0.39, 0.29) is 18.1 Å². The summed E-state index contributed by atoms with van der Waals surface area (Å²) in [5.74, 6) is -3.45. The average Bonchev–Trinajstić information content (AvgIpc) is 2.93. The third-order valence-electron chi connectivity index (χ3n) is 4.30. The van der Waals surface area contributed by atoms with E-state index < -0.39 is 36.2 Å². The number of aromatic nitrogens is 4. The second kappa shape index (κ2) is 6.54. The van der Waals surface area contributed by atoms with E-state index in [4.69, 9.17) is 16.2 Å². The van der Waals surface area contributed by atoms with Crippen molar-refractivity contribution in [2.24, 2.45) is 23.9 Å². The Bertz CT molecular complexity index is 874. The summed E-state index contributed by atoms with van der Waals surface area (Å²) in [5.41, 5.74) is 10.0. The van der Waals surface area contributed by atoms with Gasteiger partial charge in [-0.25, -0.2) is 18.3 Å². The van der Waals surface area contributed by atoms with Crippen molar-refractivity contribution in [1.29, 1.82) is 0 Å². The molecule has 3 rings (SSSR count). The lowest BCUT2D eigenvalue weighted by atomic mass is 9.65. The maximum absolute atomic E-state index is 13.2. The van der Waals surface area contributed by atoms with Gasteiger partial charge in [0.05, 0.1) is 23.0 Å². The number of carbonyl (C=O) groups is 2. The molecule has 2 aromatic heterocycles. The van der Waals surface area contributed by atoms with Gasteiger partial charge in [-0.3, -0.25) is 9.78 Å². The van der Waals surface area contributed by atoms with E-state index in [1.165, 1.54) is 30.1 Å². The first kappa shape index (κ1) is 18.6. The number of halogens is 2. The van der Waals surface area contributed by atoms with Crippen LogP contribution in [-0.4, -0.2) is 44.4 Å². The lowest BCUT2D eigenvalue weighted by molar-refractivity contribution is -0.172. The molecule has 0 aromatic carbocycles. The van der Waals surface area contributed by atoms with Crippen molar-refractivity contribution in [1.82, 2.24) is 20.0 Å². The topological polar surface area (TPSA) is 151 Å². The summed E-state index contributed by atoms with van der Waals surface area (Å²) < 4.78 is 32.4. The third-order valence-corrected chi connectivity index (χ3v) is 4.30. The zero-order valence-corrected chi connectivity index (χ0v) is 14.3. The second-order valence-electron chi connectivity index (χ2n) is 6.37. The molecule has 2 heterocycles. The minimum absolute atomic E-state index is 0.00516. The minimum atomic E-state index is -2.87. The molecule has 0 atom stereocenters. The molecule has 1 saturated carbocycles. The number of hydrogen-bond donors (Lipinski definition) is 3. The standard InChI is InChI=1S/C15H17F2N7O3/c1-24-11(27-13(19)26)10(22-23-24)9-3-2-8(4-20-9)21-12(25)14(7-18)5-15(16,17)6-14/h2-4H,5-7,18H2,1H3,(H2,19,26)(H,21,25). The van der Waals surface area contributed by atoms with Gasteiger partial charge in [-0.05, 0) is 12.1 Å². The van der Waals surface area contributed by atoms with Gasteiger partial charge in [-0.2, -0.15) is 0 Å². The van der Waals surface area contributed by atoms with E-state index in [1.54, 1.807) is 0 Å². The Morgan fingerprint density at radius 2 is 2.07 bits per heavy atom. The van der Waals surface area contributed by atoms with Crippen LogP contribution in [0, 0.1) is 5.41 Å². The van der Waals surface area contributed by atoms with Gasteiger partial charge in [0.1, 0.15) is 0 Å². The molecule has 1 aliphatic carbocycles. The summed E-state index contributed by atoms with van der Waals surface area (Å²) in [6.07, 6.45) is -0.880. The molecule has 1 aliphatic rings. The fraction of sp³-hybridized carbons (Fsp3) is 0.400. The Morgan fingerprint density at radius 1 is 1.37 bits per heavy atom. The van der Waals surface area contributed by atoms with Gasteiger partial charge in [-0.15, -0.1) is 5.10 Å². The van der Waals surface area contributed by atoms with Crippen molar-refractivity contribution >= 4 is 17.7 Å². The van der Waals surface area contributed by atoms with E-state index in [1.807, 2.05) is 0 Å². The molecule has 12 heteroatoms. The zero-order valence-electron chi connectivity index (χ0n) is 14.3. The number of carbonyl (C=O) groups excluding carboxylic acids is 2. The number of primary amides is 1. The van der Waals surface area contributed by atoms with Crippen molar-refractivity contribution in [3.8, 4) is 17.3 Å². The summed E-state index contributed by atoms with van der Waals surface area (Å²) in [7, 11) is 1.50. The number of alkyl halides is 2. The monoisotopic (exact) mass is 381 g/mol. The zero-order chi connectivity index (χ0) is 19.8. The fourth-order valence-corrected chi connectivity index (χ4v) is 2.93. The maximum atomic E-state index is 13.2. The van der Waals surface area contributed by atoms with E-state index >= 15 is 0 Å². The van der Waals surface area contributed by atoms with Crippen LogP contribution in [0.15, 0.2) is 18.3 Å². The molecule has 10 nitrogen and oxygen atoms in total. The Morgan fingerprint density at radius 3 is 2.59 bits per heavy atom. The molecule has 5 N–H and O–H groups in total. The number of aryl methyl sites for hydroxylation is 1. The molecule has 0 radical (unpaired) electrons. The molecule has 27 heavy (non-hydrogen) atoms. The Hall–Kier alpha value is -3.15. The normalized spacial score (nSPS) is 17.0. The second-order valence-corrected chi connectivity index (χ2v) is 6.37. The van der Waals surface area contributed by atoms with Gasteiger partial charge >= 0.3 is 6.09 Å². The number of nitrogens with two attached hydrogens (primary N) is 2. The largest absolute Gasteiger partial charge is 0.411 e.